The number of ether oxygens (including phenoxy) is 1. The molecular formula is C12H17N3O. The number of hydrogen-bond acceptors (Lipinski definition) is 4. The van der Waals surface area contributed by atoms with Crippen LogP contribution in [0.3, 0.4) is 0 Å². The van der Waals surface area contributed by atoms with Gasteiger partial charge in [0.15, 0.2) is 11.6 Å². The zero-order chi connectivity index (χ0) is 11.0. The van der Waals surface area contributed by atoms with Crippen molar-refractivity contribution in [2.24, 2.45) is 0 Å². The first-order valence-corrected chi connectivity index (χ1v) is 5.87. The van der Waals surface area contributed by atoms with Crippen molar-refractivity contribution in [1.29, 1.82) is 0 Å². The molecule has 3 rings (SSSR count). The number of anilines is 1. The largest absolute Gasteiger partial charge is 0.490 e. The Hall–Kier alpha value is -1.29. The van der Waals surface area contributed by atoms with Gasteiger partial charge in [0.1, 0.15) is 0 Å². The van der Waals surface area contributed by atoms with Crippen molar-refractivity contribution in [3.8, 4) is 5.75 Å². The predicted octanol–water partition coefficient (Wildman–Crippen LogP) is 0.984. The Kier molecular flexibility index (Phi) is 2.44. The molecule has 0 bridgehead atoms. The van der Waals surface area contributed by atoms with Crippen molar-refractivity contribution < 1.29 is 4.74 Å². The van der Waals surface area contributed by atoms with Crippen LogP contribution in [-0.4, -0.2) is 49.2 Å². The first-order valence-electron chi connectivity index (χ1n) is 5.87. The van der Waals surface area contributed by atoms with E-state index >= 15 is 0 Å². The minimum atomic E-state index is 0.551. The Balaban J connectivity index is 1.95. The van der Waals surface area contributed by atoms with Crippen LogP contribution < -0.4 is 9.64 Å². The van der Waals surface area contributed by atoms with Crippen molar-refractivity contribution in [3.05, 3.63) is 18.3 Å². The Morgan fingerprint density at radius 3 is 3.31 bits per heavy atom. The van der Waals surface area contributed by atoms with Crippen molar-refractivity contribution in [2.75, 3.05) is 38.2 Å². The van der Waals surface area contributed by atoms with Crippen molar-refractivity contribution in [1.82, 2.24) is 9.88 Å². The molecule has 2 aliphatic rings. The van der Waals surface area contributed by atoms with Crippen LogP contribution >= 0.6 is 0 Å². The zero-order valence-corrected chi connectivity index (χ0v) is 9.59. The molecule has 0 aliphatic carbocycles. The molecule has 86 valence electrons. The predicted molar refractivity (Wildman–Crippen MR) is 63.0 cm³/mol. The summed E-state index contributed by atoms with van der Waals surface area (Å²) in [6, 6.07) is 4.51. The Labute approximate surface area is 95.8 Å². The lowest BCUT2D eigenvalue weighted by atomic mass is 10.1. The maximum atomic E-state index is 5.75. The van der Waals surface area contributed by atoms with Gasteiger partial charge in [-0.3, -0.25) is 0 Å². The number of piperazine rings is 1. The lowest BCUT2D eigenvalue weighted by Crippen LogP contribution is -2.52. The highest BCUT2D eigenvalue weighted by Gasteiger charge is 2.30. The summed E-state index contributed by atoms with van der Waals surface area (Å²) < 4.78 is 5.75. The summed E-state index contributed by atoms with van der Waals surface area (Å²) in [4.78, 5) is 9.26. The molecule has 0 saturated carbocycles. The van der Waals surface area contributed by atoms with Crippen LogP contribution in [0.25, 0.3) is 0 Å². The van der Waals surface area contributed by atoms with Crippen molar-refractivity contribution >= 4 is 5.82 Å². The van der Waals surface area contributed by atoms with E-state index in [1.807, 2.05) is 18.3 Å². The van der Waals surface area contributed by atoms with E-state index in [9.17, 15) is 0 Å². The van der Waals surface area contributed by atoms with Crippen LogP contribution in [0, 0.1) is 0 Å². The maximum absolute atomic E-state index is 5.75. The van der Waals surface area contributed by atoms with Crippen molar-refractivity contribution in [3.63, 3.8) is 0 Å². The highest BCUT2D eigenvalue weighted by molar-refractivity contribution is 5.54. The number of nitrogens with zero attached hydrogens (tertiary/aromatic N) is 3. The molecule has 16 heavy (non-hydrogen) atoms. The molecule has 0 aromatic carbocycles. The fourth-order valence-electron chi connectivity index (χ4n) is 2.55. The number of rotatable bonds is 0. The van der Waals surface area contributed by atoms with Gasteiger partial charge >= 0.3 is 0 Å². The second-order valence-corrected chi connectivity index (χ2v) is 4.57. The molecule has 1 aromatic rings. The summed E-state index contributed by atoms with van der Waals surface area (Å²) >= 11 is 0. The van der Waals surface area contributed by atoms with Crippen LogP contribution in [0.4, 0.5) is 5.82 Å². The number of likely N-dealkylation sites (N-methyl/N-ethyl adjacent to an activating group) is 1. The van der Waals surface area contributed by atoms with Gasteiger partial charge < -0.3 is 14.5 Å². The molecule has 1 aromatic heterocycles. The fourth-order valence-corrected chi connectivity index (χ4v) is 2.55. The van der Waals surface area contributed by atoms with E-state index in [2.05, 4.69) is 21.8 Å². The van der Waals surface area contributed by atoms with Gasteiger partial charge in [0.25, 0.3) is 0 Å². The van der Waals surface area contributed by atoms with E-state index in [1.165, 1.54) is 0 Å². The maximum Gasteiger partial charge on any atom is 0.171 e. The highest BCUT2D eigenvalue weighted by Crippen LogP contribution is 2.31. The van der Waals surface area contributed by atoms with E-state index in [0.29, 0.717) is 6.04 Å². The molecular weight excluding hydrogens is 202 g/mol. The summed E-state index contributed by atoms with van der Waals surface area (Å²) in [5.41, 5.74) is 0. The Morgan fingerprint density at radius 2 is 2.38 bits per heavy atom. The van der Waals surface area contributed by atoms with E-state index in [1.54, 1.807) is 0 Å². The van der Waals surface area contributed by atoms with Gasteiger partial charge in [-0.05, 0) is 19.2 Å². The van der Waals surface area contributed by atoms with Gasteiger partial charge in [-0.15, -0.1) is 0 Å². The molecule has 0 spiro atoms. The lowest BCUT2D eigenvalue weighted by molar-refractivity contribution is 0.242. The third kappa shape index (κ3) is 1.63. The molecule has 1 fully saturated rings. The quantitative estimate of drug-likeness (QED) is 0.650. The second-order valence-electron chi connectivity index (χ2n) is 4.57. The summed E-state index contributed by atoms with van der Waals surface area (Å²) in [7, 11) is 2.18. The molecule has 1 atom stereocenters. The smallest absolute Gasteiger partial charge is 0.171 e. The fraction of sp³-hybridized carbons (Fsp3) is 0.583. The van der Waals surface area contributed by atoms with Gasteiger partial charge in [-0.25, -0.2) is 4.98 Å². The molecule has 2 aliphatic heterocycles. The molecule has 0 N–H and O–H groups in total. The monoisotopic (exact) mass is 219 g/mol. The van der Waals surface area contributed by atoms with Crippen LogP contribution in [0.2, 0.25) is 0 Å². The molecule has 0 radical (unpaired) electrons. The van der Waals surface area contributed by atoms with Gasteiger partial charge in [0.05, 0.1) is 6.61 Å². The number of pyridine rings is 1. The molecule has 3 heterocycles. The normalized spacial score (nSPS) is 25.3. The van der Waals surface area contributed by atoms with Crippen LogP contribution in [0.15, 0.2) is 18.3 Å². The zero-order valence-electron chi connectivity index (χ0n) is 9.59. The van der Waals surface area contributed by atoms with Crippen molar-refractivity contribution in [2.45, 2.75) is 12.5 Å². The van der Waals surface area contributed by atoms with Gasteiger partial charge in [-0.1, -0.05) is 0 Å². The minimum Gasteiger partial charge on any atom is -0.490 e. The summed E-state index contributed by atoms with van der Waals surface area (Å²) in [6.45, 7) is 4.06. The standard InChI is InChI=1S/C12H17N3O/c1-14-6-7-15-10(9-14)4-8-16-11-3-2-5-13-12(11)15/h2-3,5,10H,4,6-9H2,1H3/t10-/m0/s1. The van der Waals surface area contributed by atoms with E-state index in [0.717, 1.165) is 44.2 Å². The number of hydrogen-bond donors (Lipinski definition) is 0. The van der Waals surface area contributed by atoms with E-state index in [-0.39, 0.29) is 0 Å². The third-order valence-corrected chi connectivity index (χ3v) is 3.42. The average molecular weight is 219 g/mol. The summed E-state index contributed by atoms with van der Waals surface area (Å²) in [6.07, 6.45) is 2.93. The third-order valence-electron chi connectivity index (χ3n) is 3.42. The molecule has 0 unspecified atom stereocenters. The summed E-state index contributed by atoms with van der Waals surface area (Å²) in [5.74, 6) is 1.97. The van der Waals surface area contributed by atoms with Crippen LogP contribution in [-0.2, 0) is 0 Å². The van der Waals surface area contributed by atoms with Crippen LogP contribution in [0.5, 0.6) is 5.75 Å². The first kappa shape index (κ1) is 9.90. The SMILES string of the molecule is CN1CCN2c3ncccc3OCC[C@H]2C1. The molecule has 0 amide bonds. The molecule has 4 nitrogen and oxygen atoms in total. The molecule has 1 saturated heterocycles. The number of aromatic nitrogens is 1. The summed E-state index contributed by atoms with van der Waals surface area (Å²) in [5, 5.41) is 0. The van der Waals surface area contributed by atoms with Gasteiger partial charge in [0.2, 0.25) is 0 Å². The molecule has 4 heteroatoms. The average Bonchev–Trinajstić information content (AvgIpc) is 2.47. The Bertz CT molecular complexity index is 382. The van der Waals surface area contributed by atoms with E-state index < -0.39 is 0 Å². The Morgan fingerprint density at radius 1 is 1.44 bits per heavy atom. The van der Waals surface area contributed by atoms with Crippen LogP contribution in [0.1, 0.15) is 6.42 Å². The first-order chi connectivity index (χ1) is 7.84. The van der Waals surface area contributed by atoms with Gasteiger partial charge in [-0.2, -0.15) is 0 Å². The van der Waals surface area contributed by atoms with Gasteiger partial charge in [0, 0.05) is 38.3 Å². The minimum absolute atomic E-state index is 0.551. The second kappa shape index (κ2) is 3.94. The lowest BCUT2D eigenvalue weighted by Gasteiger charge is -2.39. The number of fused-ring (bicyclic) bond motifs is 3. The van der Waals surface area contributed by atoms with E-state index in [4.69, 9.17) is 4.74 Å². The highest BCUT2D eigenvalue weighted by atomic mass is 16.5. The topological polar surface area (TPSA) is 28.6 Å².